The van der Waals surface area contributed by atoms with E-state index in [1.54, 1.807) is 20.8 Å². The number of benzene rings is 1. The zero-order valence-corrected chi connectivity index (χ0v) is 14.3. The first kappa shape index (κ1) is 20.9. The first-order valence-corrected chi connectivity index (χ1v) is 7.59. The predicted molar refractivity (Wildman–Crippen MR) is 90.2 cm³/mol. The number of amides is 1. The summed E-state index contributed by atoms with van der Waals surface area (Å²) >= 11 is 0. The molecule has 0 unspecified atom stereocenters. The zero-order chi connectivity index (χ0) is 17.9. The molecule has 1 atom stereocenters. The summed E-state index contributed by atoms with van der Waals surface area (Å²) in [6.45, 7) is 7.56. The molecule has 0 bridgehead atoms. The Morgan fingerprint density at radius 2 is 1.83 bits per heavy atom. The maximum atomic E-state index is 11.1. The SMILES string of the molecule is C[C@H](CNC(=O)OC(C)(C)C)C(=O)O.NCCc1ccccc1. The lowest BCUT2D eigenvalue weighted by molar-refractivity contribution is -0.140. The Morgan fingerprint density at radius 3 is 2.26 bits per heavy atom. The van der Waals surface area contributed by atoms with Crippen LogP contribution in [0.2, 0.25) is 0 Å². The number of hydrogen-bond donors (Lipinski definition) is 3. The maximum absolute atomic E-state index is 11.1. The van der Waals surface area contributed by atoms with E-state index in [0.717, 1.165) is 13.0 Å². The molecule has 1 aromatic carbocycles. The number of ether oxygens (including phenoxy) is 1. The third-order valence-electron chi connectivity index (χ3n) is 2.65. The van der Waals surface area contributed by atoms with Gasteiger partial charge in [-0.05, 0) is 39.3 Å². The van der Waals surface area contributed by atoms with E-state index in [0.29, 0.717) is 0 Å². The number of hydrogen-bond acceptors (Lipinski definition) is 4. The molecular weight excluding hydrogens is 296 g/mol. The summed E-state index contributed by atoms with van der Waals surface area (Å²) in [4.78, 5) is 21.5. The minimum absolute atomic E-state index is 0.0737. The molecule has 0 aliphatic heterocycles. The molecule has 1 aromatic rings. The molecule has 6 heteroatoms. The average molecular weight is 324 g/mol. The smallest absolute Gasteiger partial charge is 0.407 e. The van der Waals surface area contributed by atoms with Gasteiger partial charge in [0, 0.05) is 6.54 Å². The topological polar surface area (TPSA) is 102 Å². The van der Waals surface area contributed by atoms with Gasteiger partial charge in [0.15, 0.2) is 0 Å². The number of nitrogens with one attached hydrogen (secondary N) is 1. The van der Waals surface area contributed by atoms with Crippen molar-refractivity contribution in [1.29, 1.82) is 0 Å². The molecule has 0 radical (unpaired) electrons. The lowest BCUT2D eigenvalue weighted by atomic mass is 10.2. The van der Waals surface area contributed by atoms with Crippen LogP contribution in [0.3, 0.4) is 0 Å². The lowest BCUT2D eigenvalue weighted by Gasteiger charge is -2.20. The van der Waals surface area contributed by atoms with Crippen LogP contribution in [0.1, 0.15) is 33.3 Å². The van der Waals surface area contributed by atoms with Crippen LogP contribution in [0.5, 0.6) is 0 Å². The highest BCUT2D eigenvalue weighted by Gasteiger charge is 2.17. The van der Waals surface area contributed by atoms with Crippen LogP contribution in [0.25, 0.3) is 0 Å². The van der Waals surface area contributed by atoms with Gasteiger partial charge in [-0.25, -0.2) is 4.79 Å². The summed E-state index contributed by atoms with van der Waals surface area (Å²) in [5.74, 6) is -1.55. The number of rotatable bonds is 5. The van der Waals surface area contributed by atoms with Crippen molar-refractivity contribution in [2.75, 3.05) is 13.1 Å². The van der Waals surface area contributed by atoms with Gasteiger partial charge in [-0.2, -0.15) is 0 Å². The highest BCUT2D eigenvalue weighted by atomic mass is 16.6. The number of carbonyl (C=O) groups is 2. The molecule has 0 saturated heterocycles. The van der Waals surface area contributed by atoms with Gasteiger partial charge in [-0.15, -0.1) is 0 Å². The van der Waals surface area contributed by atoms with Crippen molar-refractivity contribution in [1.82, 2.24) is 5.32 Å². The molecule has 0 aliphatic carbocycles. The first-order valence-electron chi connectivity index (χ1n) is 7.59. The number of carboxylic acid groups (broad SMARTS) is 1. The fourth-order valence-corrected chi connectivity index (χ4v) is 1.45. The minimum Gasteiger partial charge on any atom is -0.481 e. The van der Waals surface area contributed by atoms with Gasteiger partial charge in [-0.1, -0.05) is 37.3 Å². The van der Waals surface area contributed by atoms with Crippen molar-refractivity contribution in [3.05, 3.63) is 35.9 Å². The van der Waals surface area contributed by atoms with E-state index in [4.69, 9.17) is 15.6 Å². The second-order valence-electron chi connectivity index (χ2n) is 6.15. The van der Waals surface area contributed by atoms with Crippen molar-refractivity contribution < 1.29 is 19.4 Å². The zero-order valence-electron chi connectivity index (χ0n) is 14.3. The third-order valence-corrected chi connectivity index (χ3v) is 2.65. The monoisotopic (exact) mass is 324 g/mol. The average Bonchev–Trinajstić information content (AvgIpc) is 2.45. The van der Waals surface area contributed by atoms with Crippen LogP contribution in [-0.4, -0.2) is 35.9 Å². The highest BCUT2D eigenvalue weighted by molar-refractivity contribution is 5.72. The Hall–Kier alpha value is -2.08. The number of aliphatic carboxylic acids is 1. The van der Waals surface area contributed by atoms with Crippen LogP contribution < -0.4 is 11.1 Å². The van der Waals surface area contributed by atoms with E-state index in [-0.39, 0.29) is 6.54 Å². The number of carboxylic acids is 1. The van der Waals surface area contributed by atoms with Crippen LogP contribution in [0, 0.1) is 5.92 Å². The molecule has 6 nitrogen and oxygen atoms in total. The van der Waals surface area contributed by atoms with E-state index in [1.165, 1.54) is 12.5 Å². The molecule has 4 N–H and O–H groups in total. The Morgan fingerprint density at radius 1 is 1.26 bits per heavy atom. The van der Waals surface area contributed by atoms with Gasteiger partial charge in [0.2, 0.25) is 0 Å². The van der Waals surface area contributed by atoms with E-state index < -0.39 is 23.6 Å². The van der Waals surface area contributed by atoms with Crippen molar-refractivity contribution >= 4 is 12.1 Å². The second-order valence-corrected chi connectivity index (χ2v) is 6.15. The molecule has 23 heavy (non-hydrogen) atoms. The summed E-state index contributed by atoms with van der Waals surface area (Å²) in [6, 6.07) is 10.3. The molecular formula is C17H28N2O4. The van der Waals surface area contributed by atoms with Gasteiger partial charge < -0.3 is 20.9 Å². The minimum atomic E-state index is -0.943. The third kappa shape index (κ3) is 12.2. The van der Waals surface area contributed by atoms with Crippen molar-refractivity contribution in [2.45, 2.75) is 39.7 Å². The van der Waals surface area contributed by atoms with Crippen LogP contribution in [-0.2, 0) is 16.0 Å². The molecule has 0 aromatic heterocycles. The van der Waals surface area contributed by atoms with Gasteiger partial charge in [0.25, 0.3) is 0 Å². The first-order chi connectivity index (χ1) is 10.7. The standard InChI is InChI=1S/C9H17NO4.C8H11N/c1-6(7(11)12)5-10-8(13)14-9(2,3)4;9-7-6-8-4-2-1-3-5-8/h6H,5H2,1-4H3,(H,10,13)(H,11,12);1-5H,6-7,9H2/t6-;/m1./s1. The van der Waals surface area contributed by atoms with Crippen LogP contribution in [0.15, 0.2) is 30.3 Å². The van der Waals surface area contributed by atoms with Gasteiger partial charge in [0.05, 0.1) is 5.92 Å². The fourth-order valence-electron chi connectivity index (χ4n) is 1.45. The fraction of sp³-hybridized carbons (Fsp3) is 0.529. The number of nitrogens with two attached hydrogens (primary N) is 1. The Bertz CT molecular complexity index is 469. The summed E-state index contributed by atoms with van der Waals surface area (Å²) < 4.78 is 4.92. The van der Waals surface area contributed by atoms with Gasteiger partial charge in [-0.3, -0.25) is 4.79 Å². The van der Waals surface area contributed by atoms with Crippen molar-refractivity contribution in [3.63, 3.8) is 0 Å². The summed E-state index contributed by atoms with van der Waals surface area (Å²) in [5, 5.41) is 10.9. The molecule has 0 aliphatic rings. The number of carbonyl (C=O) groups excluding carboxylic acids is 1. The summed E-state index contributed by atoms with van der Waals surface area (Å²) in [6.07, 6.45) is 0.395. The van der Waals surface area contributed by atoms with Gasteiger partial charge in [0.1, 0.15) is 5.60 Å². The molecule has 0 saturated carbocycles. The van der Waals surface area contributed by atoms with Crippen LogP contribution in [0.4, 0.5) is 4.79 Å². The maximum Gasteiger partial charge on any atom is 0.407 e. The highest BCUT2D eigenvalue weighted by Crippen LogP contribution is 2.06. The molecule has 1 rings (SSSR count). The second kappa shape index (κ2) is 10.6. The van der Waals surface area contributed by atoms with Crippen LogP contribution >= 0.6 is 0 Å². The van der Waals surface area contributed by atoms with E-state index in [2.05, 4.69) is 17.4 Å². The molecule has 1 amide bonds. The van der Waals surface area contributed by atoms with E-state index in [9.17, 15) is 9.59 Å². The number of alkyl carbamates (subject to hydrolysis) is 1. The molecule has 130 valence electrons. The quantitative estimate of drug-likeness (QED) is 0.772. The predicted octanol–water partition coefficient (Wildman–Crippen LogP) is 2.42. The summed E-state index contributed by atoms with van der Waals surface area (Å²) in [7, 11) is 0. The van der Waals surface area contributed by atoms with E-state index >= 15 is 0 Å². The van der Waals surface area contributed by atoms with Crippen molar-refractivity contribution in [3.8, 4) is 0 Å². The Kier molecular flexibility index (Phi) is 9.65. The van der Waals surface area contributed by atoms with E-state index in [1.807, 2.05) is 18.2 Å². The summed E-state index contributed by atoms with van der Waals surface area (Å²) in [5.41, 5.74) is 6.12. The Balaban J connectivity index is 0.000000459. The largest absolute Gasteiger partial charge is 0.481 e. The van der Waals surface area contributed by atoms with Gasteiger partial charge >= 0.3 is 12.1 Å². The lowest BCUT2D eigenvalue weighted by Crippen LogP contribution is -2.36. The molecule has 0 spiro atoms. The molecule has 0 fully saturated rings. The normalized spacial score (nSPS) is 11.7. The Labute approximate surface area is 138 Å². The van der Waals surface area contributed by atoms with Crippen molar-refractivity contribution in [2.24, 2.45) is 11.7 Å². The molecule has 0 heterocycles.